The topological polar surface area (TPSA) is 0 Å². The number of halogens is 1. The van der Waals surface area contributed by atoms with Gasteiger partial charge in [0.15, 0.2) is 7.38 Å². The number of hydrogen-bond acceptors (Lipinski definition) is 0. The van der Waals surface area contributed by atoms with Crippen LogP contribution in [0.15, 0.2) is 11.6 Å². The van der Waals surface area contributed by atoms with E-state index in [2.05, 4.69) is 19.2 Å². The van der Waals surface area contributed by atoms with Gasteiger partial charge in [-0.3, -0.25) is 0 Å². The predicted molar refractivity (Wildman–Crippen MR) is 45.5 cm³/mol. The monoisotopic (exact) mass is 160 g/mol. The van der Waals surface area contributed by atoms with E-state index in [0.717, 1.165) is 6.04 Å². The largest absolute Gasteiger partial charge is 0.167 e. The van der Waals surface area contributed by atoms with Gasteiger partial charge >= 0.3 is 0 Å². The van der Waals surface area contributed by atoms with E-state index in [4.69, 9.17) is 11.1 Å². The lowest BCUT2D eigenvalue weighted by Crippen LogP contribution is -2.13. The van der Waals surface area contributed by atoms with Crippen molar-refractivity contribution in [3.8, 4) is 0 Å². The molecule has 1 aliphatic rings. The van der Waals surface area contributed by atoms with Crippen LogP contribution in [0, 0.1) is 0 Å². The highest BCUT2D eigenvalue weighted by molar-refractivity contribution is 7.19. The van der Waals surface area contributed by atoms with E-state index in [1.54, 1.807) is 5.57 Å². The summed E-state index contributed by atoms with van der Waals surface area (Å²) in [5.41, 5.74) is 1.62. The van der Waals surface area contributed by atoms with Crippen molar-refractivity contribution in [2.24, 2.45) is 0 Å². The summed E-state index contributed by atoms with van der Waals surface area (Å²) in [6, 6.07) is 1.16. The highest BCUT2D eigenvalue weighted by Crippen LogP contribution is 2.30. The van der Waals surface area contributed by atoms with E-state index in [-0.39, 0.29) is 0 Å². The van der Waals surface area contributed by atoms with Gasteiger partial charge in [-0.25, -0.2) is 0 Å². The quantitative estimate of drug-likeness (QED) is 0.331. The Morgan fingerprint density at radius 3 is 2.44 bits per heavy atom. The molecule has 52 valence electrons. The average molecular weight is 161 g/mol. The first kappa shape index (κ1) is 7.36. The van der Waals surface area contributed by atoms with Crippen molar-refractivity contribution in [2.45, 2.75) is 32.0 Å². The third-order valence-electron chi connectivity index (χ3n) is 1.41. The number of rotatable bonds is 2. The lowest BCUT2D eigenvalue weighted by Gasteiger charge is -2.07. The van der Waals surface area contributed by atoms with Gasteiger partial charge in [-0.15, -0.1) is 0 Å². The van der Waals surface area contributed by atoms with Crippen molar-refractivity contribution in [3.05, 3.63) is 11.6 Å². The SMILES string of the molecule is C[Si](C)(Cl)CC=C1CC1. The molecular formula is C7H13ClSi. The summed E-state index contributed by atoms with van der Waals surface area (Å²) in [7, 11) is -1.28. The van der Waals surface area contributed by atoms with Gasteiger partial charge in [0.2, 0.25) is 0 Å². The van der Waals surface area contributed by atoms with Crippen molar-refractivity contribution < 1.29 is 0 Å². The average Bonchev–Trinajstić information content (AvgIpc) is 2.38. The van der Waals surface area contributed by atoms with Crippen LogP contribution >= 0.6 is 11.1 Å². The molecule has 0 unspecified atom stereocenters. The number of allylic oxidation sites excluding steroid dienone is 2. The molecule has 0 spiro atoms. The number of hydrogen-bond donors (Lipinski definition) is 0. The highest BCUT2D eigenvalue weighted by atomic mass is 35.6. The first-order valence-electron chi connectivity index (χ1n) is 3.45. The minimum atomic E-state index is -1.28. The summed E-state index contributed by atoms with van der Waals surface area (Å²) in [5, 5.41) is 0. The van der Waals surface area contributed by atoms with Gasteiger partial charge in [-0.1, -0.05) is 24.7 Å². The molecule has 1 fully saturated rings. The molecule has 1 aliphatic carbocycles. The fourth-order valence-electron chi connectivity index (χ4n) is 0.663. The Kier molecular flexibility index (Phi) is 2.02. The summed E-state index contributed by atoms with van der Waals surface area (Å²) < 4.78 is 0. The molecule has 0 N–H and O–H groups in total. The van der Waals surface area contributed by atoms with Gasteiger partial charge in [0.25, 0.3) is 0 Å². The van der Waals surface area contributed by atoms with Gasteiger partial charge in [-0.05, 0) is 18.9 Å². The molecule has 1 saturated carbocycles. The lowest BCUT2D eigenvalue weighted by atomic mass is 10.5. The van der Waals surface area contributed by atoms with E-state index >= 15 is 0 Å². The molecule has 0 saturated heterocycles. The van der Waals surface area contributed by atoms with Crippen LogP contribution in [0.1, 0.15) is 12.8 Å². The Labute approximate surface area is 62.6 Å². The zero-order chi connectivity index (χ0) is 6.91. The predicted octanol–water partition coefficient (Wildman–Crippen LogP) is 3.15. The van der Waals surface area contributed by atoms with Crippen LogP contribution in [-0.4, -0.2) is 7.38 Å². The molecule has 0 atom stereocenters. The van der Waals surface area contributed by atoms with Gasteiger partial charge < -0.3 is 0 Å². The summed E-state index contributed by atoms with van der Waals surface area (Å²) >= 11 is 6.10. The Hall–Kier alpha value is 0.247. The standard InChI is InChI=1S/C7H13ClSi/c1-9(2,8)6-5-7-3-4-7/h5H,3-4,6H2,1-2H3. The zero-order valence-corrected chi connectivity index (χ0v) is 7.83. The Balaban J connectivity index is 2.25. The van der Waals surface area contributed by atoms with Crippen LogP contribution in [0.5, 0.6) is 0 Å². The van der Waals surface area contributed by atoms with E-state index in [1.807, 2.05) is 0 Å². The molecule has 9 heavy (non-hydrogen) atoms. The molecule has 0 nitrogen and oxygen atoms in total. The first-order chi connectivity index (χ1) is 4.08. The molecule has 0 heterocycles. The summed E-state index contributed by atoms with van der Waals surface area (Å²) in [5.74, 6) is 0. The third kappa shape index (κ3) is 3.76. The molecule has 0 bridgehead atoms. The van der Waals surface area contributed by atoms with Crippen LogP contribution < -0.4 is 0 Å². The molecule has 0 aromatic rings. The lowest BCUT2D eigenvalue weighted by molar-refractivity contribution is 1.50. The van der Waals surface area contributed by atoms with E-state index in [9.17, 15) is 0 Å². The fourth-order valence-corrected chi connectivity index (χ4v) is 1.67. The van der Waals surface area contributed by atoms with Gasteiger partial charge in [-0.2, -0.15) is 11.1 Å². The minimum Gasteiger partial charge on any atom is -0.167 e. The maximum Gasteiger partial charge on any atom is 0.154 e. The maximum atomic E-state index is 6.10. The summed E-state index contributed by atoms with van der Waals surface area (Å²) in [4.78, 5) is 0. The highest BCUT2D eigenvalue weighted by Gasteiger charge is 2.17. The van der Waals surface area contributed by atoms with Crippen molar-refractivity contribution in [3.63, 3.8) is 0 Å². The van der Waals surface area contributed by atoms with E-state index in [1.165, 1.54) is 12.8 Å². The van der Waals surface area contributed by atoms with E-state index in [0.29, 0.717) is 0 Å². The smallest absolute Gasteiger partial charge is 0.154 e. The molecule has 0 aromatic heterocycles. The summed E-state index contributed by atoms with van der Waals surface area (Å²) in [6.07, 6.45) is 5.00. The first-order valence-corrected chi connectivity index (χ1v) is 7.67. The Morgan fingerprint density at radius 1 is 1.56 bits per heavy atom. The summed E-state index contributed by atoms with van der Waals surface area (Å²) in [6.45, 7) is 4.38. The molecule has 0 amide bonds. The van der Waals surface area contributed by atoms with E-state index < -0.39 is 7.38 Å². The van der Waals surface area contributed by atoms with Crippen molar-refractivity contribution in [1.82, 2.24) is 0 Å². The second-order valence-electron chi connectivity index (χ2n) is 3.29. The molecule has 0 radical (unpaired) electrons. The Bertz CT molecular complexity index is 126. The van der Waals surface area contributed by atoms with Crippen LogP contribution in [0.3, 0.4) is 0 Å². The van der Waals surface area contributed by atoms with Crippen molar-refractivity contribution in [2.75, 3.05) is 0 Å². The second-order valence-corrected chi connectivity index (χ2v) is 10.2. The second kappa shape index (κ2) is 2.47. The molecular weight excluding hydrogens is 148 g/mol. The Morgan fingerprint density at radius 2 is 2.11 bits per heavy atom. The normalized spacial score (nSPS) is 17.9. The molecule has 1 rings (SSSR count). The van der Waals surface area contributed by atoms with Crippen molar-refractivity contribution >= 4 is 18.5 Å². The minimum absolute atomic E-state index is 1.16. The van der Waals surface area contributed by atoms with Crippen LogP contribution in [0.2, 0.25) is 19.1 Å². The van der Waals surface area contributed by atoms with Gasteiger partial charge in [0.05, 0.1) is 0 Å². The fraction of sp³-hybridized carbons (Fsp3) is 0.714. The van der Waals surface area contributed by atoms with Gasteiger partial charge in [0, 0.05) is 0 Å². The zero-order valence-electron chi connectivity index (χ0n) is 6.08. The maximum absolute atomic E-state index is 6.10. The van der Waals surface area contributed by atoms with Crippen molar-refractivity contribution in [1.29, 1.82) is 0 Å². The van der Waals surface area contributed by atoms with Crippen LogP contribution in [-0.2, 0) is 0 Å². The third-order valence-corrected chi connectivity index (χ3v) is 3.05. The van der Waals surface area contributed by atoms with Gasteiger partial charge in [0.1, 0.15) is 0 Å². The molecule has 0 aromatic carbocycles. The van der Waals surface area contributed by atoms with Crippen LogP contribution in [0.25, 0.3) is 0 Å². The van der Waals surface area contributed by atoms with Crippen LogP contribution in [0.4, 0.5) is 0 Å². The molecule has 0 aliphatic heterocycles. The molecule has 2 heteroatoms.